The van der Waals surface area contributed by atoms with Crippen LogP contribution in [0.25, 0.3) is 0 Å². The van der Waals surface area contributed by atoms with Crippen molar-refractivity contribution < 1.29 is 4.74 Å². The van der Waals surface area contributed by atoms with Crippen LogP contribution in [0.15, 0.2) is 18.2 Å². The van der Waals surface area contributed by atoms with Crippen molar-refractivity contribution in [2.24, 2.45) is 0 Å². The largest absolute Gasteiger partial charge is 0.377 e. The Kier molecular flexibility index (Phi) is 5.96. The predicted molar refractivity (Wildman–Crippen MR) is 73.7 cm³/mol. The third kappa shape index (κ3) is 4.66. The van der Waals surface area contributed by atoms with Gasteiger partial charge in [-0.15, -0.1) is 0 Å². The quantitative estimate of drug-likeness (QED) is 0.837. The Morgan fingerprint density at radius 3 is 2.59 bits per heavy atom. The molecule has 0 aliphatic heterocycles. The number of halogens is 1. The summed E-state index contributed by atoms with van der Waals surface area (Å²) in [6.07, 6.45) is 0.247. The molecule has 1 N–H and O–H groups in total. The number of rotatable bonds is 6. The summed E-state index contributed by atoms with van der Waals surface area (Å²) in [6.45, 7) is 9.79. The molecule has 2 nitrogen and oxygen atoms in total. The van der Waals surface area contributed by atoms with Gasteiger partial charge in [-0.1, -0.05) is 30.7 Å². The maximum Gasteiger partial charge on any atom is 0.0664 e. The Morgan fingerprint density at radius 1 is 1.35 bits per heavy atom. The molecule has 0 amide bonds. The van der Waals surface area contributed by atoms with E-state index >= 15 is 0 Å². The van der Waals surface area contributed by atoms with E-state index in [1.165, 1.54) is 5.56 Å². The maximum atomic E-state index is 6.15. The van der Waals surface area contributed by atoms with Crippen LogP contribution in [0.4, 0.5) is 0 Å². The minimum Gasteiger partial charge on any atom is -0.377 e. The molecule has 0 radical (unpaired) electrons. The molecular formula is C14H22ClNO. The third-order valence-corrected chi connectivity index (χ3v) is 3.05. The van der Waals surface area contributed by atoms with E-state index in [1.807, 2.05) is 26.8 Å². The number of ether oxygens (including phenoxy) is 1. The minimum atomic E-state index is 0.209. The molecule has 1 aromatic carbocycles. The summed E-state index contributed by atoms with van der Waals surface area (Å²) >= 11 is 6.15. The van der Waals surface area contributed by atoms with Gasteiger partial charge in [-0.05, 0) is 44.5 Å². The normalized spacial score (nSPS) is 13.1. The molecule has 0 aliphatic carbocycles. The highest BCUT2D eigenvalue weighted by Gasteiger charge is 2.12. The first kappa shape index (κ1) is 14.5. The summed E-state index contributed by atoms with van der Waals surface area (Å²) in [6, 6.07) is 6.39. The van der Waals surface area contributed by atoms with Gasteiger partial charge in [0.15, 0.2) is 0 Å². The summed E-state index contributed by atoms with van der Waals surface area (Å²) in [5.41, 5.74) is 2.29. The summed E-state index contributed by atoms with van der Waals surface area (Å²) in [5.74, 6) is 0. The fourth-order valence-electron chi connectivity index (χ4n) is 1.63. The van der Waals surface area contributed by atoms with Crippen molar-refractivity contribution in [1.82, 2.24) is 5.32 Å². The van der Waals surface area contributed by atoms with Gasteiger partial charge in [0, 0.05) is 5.02 Å². The second kappa shape index (κ2) is 7.00. The zero-order valence-electron chi connectivity index (χ0n) is 11.1. The Morgan fingerprint density at radius 2 is 2.06 bits per heavy atom. The maximum absolute atomic E-state index is 6.15. The summed E-state index contributed by atoms with van der Waals surface area (Å²) < 4.78 is 5.68. The van der Waals surface area contributed by atoms with Crippen LogP contribution < -0.4 is 5.32 Å². The molecule has 0 heterocycles. The van der Waals surface area contributed by atoms with Crippen LogP contribution >= 0.6 is 11.6 Å². The van der Waals surface area contributed by atoms with Crippen molar-refractivity contribution in [3.63, 3.8) is 0 Å². The molecule has 0 saturated carbocycles. The molecule has 1 unspecified atom stereocenters. The van der Waals surface area contributed by atoms with Crippen LogP contribution in [-0.2, 0) is 4.74 Å². The molecule has 0 aliphatic rings. The molecule has 96 valence electrons. The van der Waals surface area contributed by atoms with Crippen molar-refractivity contribution in [2.45, 2.75) is 39.8 Å². The number of likely N-dealkylation sites (N-methyl/N-ethyl adjacent to an activating group) is 1. The summed E-state index contributed by atoms with van der Waals surface area (Å²) in [5, 5.41) is 4.23. The van der Waals surface area contributed by atoms with E-state index in [2.05, 4.69) is 24.4 Å². The van der Waals surface area contributed by atoms with Crippen LogP contribution in [0.1, 0.15) is 37.9 Å². The number of aryl methyl sites for hydroxylation is 1. The second-order valence-corrected chi connectivity index (χ2v) is 4.91. The molecule has 0 spiro atoms. The number of benzene rings is 1. The molecule has 17 heavy (non-hydrogen) atoms. The SMILES string of the molecule is CCNC(COC(C)C)c1ccc(C)c(Cl)c1. The average molecular weight is 256 g/mol. The first-order valence-electron chi connectivity index (χ1n) is 6.15. The van der Waals surface area contributed by atoms with E-state index in [0.717, 1.165) is 17.1 Å². The molecule has 0 aromatic heterocycles. The molecule has 0 fully saturated rings. The van der Waals surface area contributed by atoms with Gasteiger partial charge >= 0.3 is 0 Å². The van der Waals surface area contributed by atoms with Crippen LogP contribution in [0.3, 0.4) is 0 Å². The fraction of sp³-hybridized carbons (Fsp3) is 0.571. The van der Waals surface area contributed by atoms with Crippen LogP contribution in [0, 0.1) is 6.92 Å². The highest BCUT2D eigenvalue weighted by atomic mass is 35.5. The molecule has 3 heteroatoms. The number of nitrogens with one attached hydrogen (secondary N) is 1. The number of hydrogen-bond acceptors (Lipinski definition) is 2. The molecule has 1 aromatic rings. The lowest BCUT2D eigenvalue weighted by Gasteiger charge is -2.20. The Hall–Kier alpha value is -0.570. The van der Waals surface area contributed by atoms with E-state index in [0.29, 0.717) is 6.61 Å². The van der Waals surface area contributed by atoms with Gasteiger partial charge < -0.3 is 10.1 Å². The van der Waals surface area contributed by atoms with Gasteiger partial charge in [0.05, 0.1) is 18.8 Å². The highest BCUT2D eigenvalue weighted by Crippen LogP contribution is 2.22. The molecule has 0 bridgehead atoms. The molecule has 0 saturated heterocycles. The van der Waals surface area contributed by atoms with Crippen LogP contribution in [0.2, 0.25) is 5.02 Å². The van der Waals surface area contributed by atoms with Gasteiger partial charge in [0.1, 0.15) is 0 Å². The first-order chi connectivity index (χ1) is 8.04. The standard InChI is InChI=1S/C14H22ClNO/c1-5-16-14(9-17-10(2)3)12-7-6-11(4)13(15)8-12/h6-8,10,14,16H,5,9H2,1-4H3. The van der Waals surface area contributed by atoms with Gasteiger partial charge in [0.2, 0.25) is 0 Å². The summed E-state index contributed by atoms with van der Waals surface area (Å²) in [4.78, 5) is 0. The van der Waals surface area contributed by atoms with Gasteiger partial charge in [0.25, 0.3) is 0 Å². The lowest BCUT2D eigenvalue weighted by Crippen LogP contribution is -2.26. The predicted octanol–water partition coefficient (Wildman–Crippen LogP) is 3.72. The molecule has 1 rings (SSSR count). The number of hydrogen-bond donors (Lipinski definition) is 1. The highest BCUT2D eigenvalue weighted by molar-refractivity contribution is 6.31. The van der Waals surface area contributed by atoms with Crippen molar-refractivity contribution >= 4 is 11.6 Å². The van der Waals surface area contributed by atoms with E-state index in [-0.39, 0.29) is 12.1 Å². The Labute approximate surface area is 109 Å². The van der Waals surface area contributed by atoms with E-state index in [9.17, 15) is 0 Å². The van der Waals surface area contributed by atoms with Gasteiger partial charge in [-0.2, -0.15) is 0 Å². The van der Waals surface area contributed by atoms with Gasteiger partial charge in [-0.25, -0.2) is 0 Å². The zero-order valence-corrected chi connectivity index (χ0v) is 11.8. The van der Waals surface area contributed by atoms with Crippen LogP contribution in [0.5, 0.6) is 0 Å². The second-order valence-electron chi connectivity index (χ2n) is 4.50. The monoisotopic (exact) mass is 255 g/mol. The Balaban J connectivity index is 2.77. The first-order valence-corrected chi connectivity index (χ1v) is 6.53. The smallest absolute Gasteiger partial charge is 0.0664 e. The summed E-state index contributed by atoms with van der Waals surface area (Å²) in [7, 11) is 0. The average Bonchev–Trinajstić information content (AvgIpc) is 2.28. The van der Waals surface area contributed by atoms with Crippen LogP contribution in [-0.4, -0.2) is 19.3 Å². The molecule has 1 atom stereocenters. The zero-order chi connectivity index (χ0) is 12.8. The Bertz CT molecular complexity index is 352. The van der Waals surface area contributed by atoms with Crippen molar-refractivity contribution in [3.8, 4) is 0 Å². The fourth-order valence-corrected chi connectivity index (χ4v) is 1.82. The topological polar surface area (TPSA) is 21.3 Å². The lowest BCUT2D eigenvalue weighted by atomic mass is 10.1. The third-order valence-electron chi connectivity index (χ3n) is 2.65. The van der Waals surface area contributed by atoms with Gasteiger partial charge in [-0.3, -0.25) is 0 Å². The van der Waals surface area contributed by atoms with E-state index in [4.69, 9.17) is 16.3 Å². The van der Waals surface area contributed by atoms with Crippen molar-refractivity contribution in [1.29, 1.82) is 0 Å². The minimum absolute atomic E-state index is 0.209. The molecular weight excluding hydrogens is 234 g/mol. The van der Waals surface area contributed by atoms with E-state index in [1.54, 1.807) is 0 Å². The lowest BCUT2D eigenvalue weighted by molar-refractivity contribution is 0.0614. The van der Waals surface area contributed by atoms with E-state index < -0.39 is 0 Å². The van der Waals surface area contributed by atoms with Crippen molar-refractivity contribution in [3.05, 3.63) is 34.3 Å². The van der Waals surface area contributed by atoms with Crippen molar-refractivity contribution in [2.75, 3.05) is 13.2 Å².